The minimum Gasteiger partial charge on any atom is -0.497 e. The van der Waals surface area contributed by atoms with Crippen molar-refractivity contribution in [3.05, 3.63) is 69.4 Å². The van der Waals surface area contributed by atoms with Crippen LogP contribution in [0.1, 0.15) is 20.0 Å². The van der Waals surface area contributed by atoms with E-state index in [0.717, 1.165) is 16.2 Å². The summed E-state index contributed by atoms with van der Waals surface area (Å²) in [5.41, 5.74) is 0.993. The van der Waals surface area contributed by atoms with Crippen LogP contribution < -0.4 is 19.9 Å². The SMILES string of the molecule is COc1ccc(C(=O)Nc2ccc(N3CCOC3=N)cc2)c(N(CS(=O)(=O)O)C(=O)c2ccc(Cl)s2)c1. The number of rotatable bonds is 8. The molecule has 2 aromatic carbocycles. The van der Waals surface area contributed by atoms with Crippen molar-refractivity contribution in [3.8, 4) is 5.75 Å². The maximum Gasteiger partial charge on any atom is 0.289 e. The lowest BCUT2D eigenvalue weighted by atomic mass is 10.1. The van der Waals surface area contributed by atoms with Gasteiger partial charge in [0, 0.05) is 17.4 Å². The van der Waals surface area contributed by atoms with Gasteiger partial charge in [-0.1, -0.05) is 11.6 Å². The van der Waals surface area contributed by atoms with Crippen LogP contribution in [0.5, 0.6) is 5.75 Å². The Morgan fingerprint density at radius 3 is 2.51 bits per heavy atom. The molecule has 0 spiro atoms. The van der Waals surface area contributed by atoms with Crippen molar-refractivity contribution in [2.45, 2.75) is 0 Å². The summed E-state index contributed by atoms with van der Waals surface area (Å²) in [7, 11) is -3.31. The van der Waals surface area contributed by atoms with E-state index in [1.807, 2.05) is 0 Å². The number of hydrogen-bond acceptors (Lipinski definition) is 8. The van der Waals surface area contributed by atoms with E-state index in [4.69, 9.17) is 26.5 Å². The van der Waals surface area contributed by atoms with Crippen LogP contribution in [-0.4, -0.2) is 56.9 Å². The van der Waals surface area contributed by atoms with Crippen LogP contribution in [0.2, 0.25) is 4.34 Å². The molecule has 0 unspecified atom stereocenters. The molecule has 0 bridgehead atoms. The number of hydrogen-bond donors (Lipinski definition) is 3. The van der Waals surface area contributed by atoms with Gasteiger partial charge in [-0.3, -0.25) is 29.4 Å². The molecular weight excluding hydrogens is 544 g/mol. The molecule has 2 heterocycles. The van der Waals surface area contributed by atoms with E-state index in [1.54, 1.807) is 29.2 Å². The van der Waals surface area contributed by atoms with Crippen LogP contribution in [0, 0.1) is 5.41 Å². The lowest BCUT2D eigenvalue weighted by molar-refractivity contribution is 0.0994. The Hall–Kier alpha value is -3.65. The quantitative estimate of drug-likeness (QED) is 0.348. The lowest BCUT2D eigenvalue weighted by Crippen LogP contribution is -2.36. The van der Waals surface area contributed by atoms with E-state index in [-0.39, 0.29) is 27.9 Å². The number of carbonyl (C=O) groups excluding carboxylic acids is 2. The Morgan fingerprint density at radius 2 is 1.95 bits per heavy atom. The summed E-state index contributed by atoms with van der Waals surface area (Å²) in [6.07, 6.45) is 0. The van der Waals surface area contributed by atoms with Crippen LogP contribution in [0.15, 0.2) is 54.6 Å². The van der Waals surface area contributed by atoms with Gasteiger partial charge in [-0.05, 0) is 48.5 Å². The number of nitrogens with one attached hydrogen (secondary N) is 2. The number of benzene rings is 2. The van der Waals surface area contributed by atoms with Crippen LogP contribution in [-0.2, 0) is 14.9 Å². The van der Waals surface area contributed by atoms with Crippen molar-refractivity contribution in [1.82, 2.24) is 0 Å². The van der Waals surface area contributed by atoms with Gasteiger partial charge < -0.3 is 14.8 Å². The van der Waals surface area contributed by atoms with Gasteiger partial charge in [0.1, 0.15) is 12.4 Å². The molecule has 14 heteroatoms. The average Bonchev–Trinajstić information content (AvgIpc) is 3.49. The fraction of sp³-hybridized carbons (Fsp3) is 0.174. The Labute approximate surface area is 221 Å². The van der Waals surface area contributed by atoms with Gasteiger partial charge in [-0.2, -0.15) is 8.42 Å². The summed E-state index contributed by atoms with van der Waals surface area (Å²) in [4.78, 5) is 29.1. The standard InChI is InChI=1S/C23H21ClN4O7S2/c1-34-16-6-7-17(21(29)26-14-2-4-15(5-3-14)27-10-11-35-23(27)25)18(12-16)28(13-37(31,32)33)22(30)19-8-9-20(24)36-19/h2-9,12,25H,10-11,13H2,1H3,(H,26,29)(H,31,32,33). The minimum absolute atomic E-state index is 0.0373. The molecule has 1 saturated heterocycles. The molecule has 4 rings (SSSR count). The first-order valence-electron chi connectivity index (χ1n) is 10.7. The second kappa shape index (κ2) is 10.8. The molecule has 0 saturated carbocycles. The Balaban J connectivity index is 1.67. The highest BCUT2D eigenvalue weighted by Crippen LogP contribution is 2.31. The number of amides is 2. The zero-order valence-electron chi connectivity index (χ0n) is 19.3. The van der Waals surface area contributed by atoms with Crippen LogP contribution in [0.25, 0.3) is 0 Å². The number of nitrogens with zero attached hydrogens (tertiary/aromatic N) is 2. The number of methoxy groups -OCH3 is 1. The highest BCUT2D eigenvalue weighted by Gasteiger charge is 2.29. The van der Waals surface area contributed by atoms with Crippen molar-refractivity contribution in [3.63, 3.8) is 0 Å². The zero-order valence-corrected chi connectivity index (χ0v) is 21.7. The number of carbonyl (C=O) groups is 2. The van der Waals surface area contributed by atoms with E-state index >= 15 is 0 Å². The largest absolute Gasteiger partial charge is 0.497 e. The van der Waals surface area contributed by atoms with Crippen LogP contribution in [0.4, 0.5) is 17.1 Å². The first-order valence-corrected chi connectivity index (χ1v) is 13.5. The van der Waals surface area contributed by atoms with Crippen molar-refractivity contribution >= 4 is 68.0 Å². The van der Waals surface area contributed by atoms with Crippen molar-refractivity contribution in [2.75, 3.05) is 41.3 Å². The molecule has 1 aliphatic heterocycles. The molecule has 1 aromatic heterocycles. The van der Waals surface area contributed by atoms with E-state index in [9.17, 15) is 22.6 Å². The second-order valence-electron chi connectivity index (χ2n) is 7.74. The first-order chi connectivity index (χ1) is 17.6. The maximum absolute atomic E-state index is 13.3. The molecule has 37 heavy (non-hydrogen) atoms. The molecule has 2 amide bonds. The monoisotopic (exact) mass is 564 g/mol. The number of halogens is 1. The second-order valence-corrected chi connectivity index (χ2v) is 10.9. The highest BCUT2D eigenvalue weighted by atomic mass is 35.5. The topological polar surface area (TPSA) is 149 Å². The molecule has 11 nitrogen and oxygen atoms in total. The Kier molecular flexibility index (Phi) is 7.68. The normalized spacial score (nSPS) is 13.3. The molecule has 0 radical (unpaired) electrons. The summed E-state index contributed by atoms with van der Waals surface area (Å²) >= 11 is 6.86. The fourth-order valence-corrected chi connectivity index (χ4v) is 5.17. The molecule has 194 valence electrons. The van der Waals surface area contributed by atoms with Crippen molar-refractivity contribution < 1.29 is 32.0 Å². The summed E-state index contributed by atoms with van der Waals surface area (Å²) in [6, 6.07) is 13.8. The highest BCUT2D eigenvalue weighted by molar-refractivity contribution is 7.85. The van der Waals surface area contributed by atoms with Crippen LogP contribution in [0.3, 0.4) is 0 Å². The molecule has 0 atom stereocenters. The number of ether oxygens (including phenoxy) is 2. The van der Waals surface area contributed by atoms with Gasteiger partial charge in [0.05, 0.1) is 34.1 Å². The summed E-state index contributed by atoms with van der Waals surface area (Å²) < 4.78 is 43.9. The van der Waals surface area contributed by atoms with Crippen molar-refractivity contribution in [2.24, 2.45) is 0 Å². The molecule has 1 fully saturated rings. The summed E-state index contributed by atoms with van der Waals surface area (Å²) in [5, 5.41) is 10.5. The zero-order chi connectivity index (χ0) is 26.7. The van der Waals surface area contributed by atoms with Gasteiger partial charge in [0.2, 0.25) is 0 Å². The van der Waals surface area contributed by atoms with Gasteiger partial charge in [0.25, 0.3) is 28.0 Å². The van der Waals surface area contributed by atoms with Crippen molar-refractivity contribution in [1.29, 1.82) is 5.41 Å². The summed E-state index contributed by atoms with van der Waals surface area (Å²) in [5.74, 6) is -2.27. The van der Waals surface area contributed by atoms with Gasteiger partial charge in [-0.15, -0.1) is 11.3 Å². The predicted molar refractivity (Wildman–Crippen MR) is 141 cm³/mol. The maximum atomic E-state index is 13.3. The van der Waals surface area contributed by atoms with E-state index in [0.29, 0.717) is 28.9 Å². The fourth-order valence-electron chi connectivity index (χ4n) is 3.60. The molecule has 1 aliphatic rings. The average molecular weight is 565 g/mol. The predicted octanol–water partition coefficient (Wildman–Crippen LogP) is 3.93. The molecule has 3 aromatic rings. The number of amidine groups is 1. The van der Waals surface area contributed by atoms with Gasteiger partial charge in [-0.25, -0.2) is 0 Å². The third kappa shape index (κ3) is 6.20. The lowest BCUT2D eigenvalue weighted by Gasteiger charge is -2.24. The van der Waals surface area contributed by atoms with E-state index in [1.165, 1.54) is 37.4 Å². The minimum atomic E-state index is -4.68. The third-order valence-corrected chi connectivity index (χ3v) is 7.10. The Bertz CT molecular complexity index is 1460. The number of anilines is 3. The van der Waals surface area contributed by atoms with Crippen LogP contribution >= 0.6 is 22.9 Å². The Morgan fingerprint density at radius 1 is 1.22 bits per heavy atom. The first kappa shape index (κ1) is 26.4. The molecular formula is C23H21ClN4O7S2. The van der Waals surface area contributed by atoms with E-state index in [2.05, 4.69) is 5.32 Å². The molecule has 3 N–H and O–H groups in total. The number of thiophene rings is 1. The molecule has 0 aliphatic carbocycles. The third-order valence-electron chi connectivity index (χ3n) is 5.30. The van der Waals surface area contributed by atoms with E-state index < -0.39 is 27.8 Å². The van der Waals surface area contributed by atoms with Gasteiger partial charge >= 0.3 is 0 Å². The smallest absolute Gasteiger partial charge is 0.289 e. The summed E-state index contributed by atoms with van der Waals surface area (Å²) in [6.45, 7) is 0.945. The van der Waals surface area contributed by atoms with Gasteiger partial charge in [0.15, 0.2) is 5.88 Å².